The van der Waals surface area contributed by atoms with Crippen molar-refractivity contribution in [2.75, 3.05) is 40.9 Å². The molecular weight excluding hydrogens is 840 g/mol. The van der Waals surface area contributed by atoms with Crippen LogP contribution in [0.2, 0.25) is 0 Å². The molecule has 0 heterocycles. The number of rotatable bonds is 48. The van der Waals surface area contributed by atoms with Crippen LogP contribution in [0.25, 0.3) is 0 Å². The molecular formula is C57H104N2O6P+. The van der Waals surface area contributed by atoms with Crippen molar-refractivity contribution in [2.45, 2.75) is 231 Å². The summed E-state index contributed by atoms with van der Waals surface area (Å²) in [6.07, 6.45) is 67.5. The van der Waals surface area contributed by atoms with Gasteiger partial charge in [0.1, 0.15) is 13.2 Å². The Balaban J connectivity index is 3.68. The predicted octanol–water partition coefficient (Wildman–Crippen LogP) is 16.1. The number of hydrogen-bond acceptors (Lipinski definition) is 5. The summed E-state index contributed by atoms with van der Waals surface area (Å²) in [6, 6.07) is -0.757. The molecule has 1 amide bonds. The zero-order valence-corrected chi connectivity index (χ0v) is 44.3. The summed E-state index contributed by atoms with van der Waals surface area (Å²) in [5, 5.41) is 13.6. The fourth-order valence-electron chi connectivity index (χ4n) is 7.44. The molecule has 382 valence electrons. The van der Waals surface area contributed by atoms with E-state index in [4.69, 9.17) is 9.05 Å². The fraction of sp³-hybridized carbons (Fsp3) is 0.737. The van der Waals surface area contributed by atoms with E-state index in [2.05, 4.69) is 104 Å². The minimum Gasteiger partial charge on any atom is -0.391 e. The standard InChI is InChI=1S/C57H103N2O6P/c1-6-8-10-11-12-13-14-15-16-17-18-19-20-21-22-23-24-25-26-27-28-29-30-31-32-33-34-35-36-37-38-39-40-41-42-43-44-45-46-47-49-51-57(61)58-55(56(60)50-48-9-7-2)54-65-66(62,63)64-53-52-59(3,4)5/h8,10,12-13,15-16,18-19,21-22,24-25,27-28,55-56,60H,6-7,9,11,14,17,20,23,26,29-54H2,1-5H3,(H-,58,61,62,63)/p+1/b10-8-,13-12-,16-15-,19-18-,22-21-,25-24-,28-27-. The van der Waals surface area contributed by atoms with Gasteiger partial charge in [0.05, 0.1) is 39.9 Å². The number of aliphatic hydroxyl groups excluding tert-OH is 1. The van der Waals surface area contributed by atoms with E-state index in [1.807, 2.05) is 21.1 Å². The van der Waals surface area contributed by atoms with Gasteiger partial charge in [0.15, 0.2) is 0 Å². The third-order valence-corrected chi connectivity index (χ3v) is 12.6. The van der Waals surface area contributed by atoms with Crippen LogP contribution in [0.5, 0.6) is 0 Å². The largest absolute Gasteiger partial charge is 0.472 e. The molecule has 0 rings (SSSR count). The van der Waals surface area contributed by atoms with Crippen LogP contribution in [0.1, 0.15) is 219 Å². The minimum atomic E-state index is -4.29. The first-order valence-corrected chi connectivity index (χ1v) is 28.4. The van der Waals surface area contributed by atoms with E-state index in [1.54, 1.807) is 0 Å². The van der Waals surface area contributed by atoms with Crippen LogP contribution in [0.15, 0.2) is 85.1 Å². The molecule has 0 radical (unpaired) electrons. The molecule has 0 spiro atoms. The maximum atomic E-state index is 12.7. The number of nitrogens with one attached hydrogen (secondary N) is 1. The number of allylic oxidation sites excluding steroid dienone is 14. The van der Waals surface area contributed by atoms with Crippen LogP contribution in [0.3, 0.4) is 0 Å². The quantitative estimate of drug-likeness (QED) is 0.0243. The van der Waals surface area contributed by atoms with E-state index >= 15 is 0 Å². The summed E-state index contributed by atoms with van der Waals surface area (Å²) < 4.78 is 23.3. The lowest BCUT2D eigenvalue weighted by Crippen LogP contribution is -2.46. The molecule has 0 saturated heterocycles. The van der Waals surface area contributed by atoms with Gasteiger partial charge >= 0.3 is 7.82 Å². The minimum absolute atomic E-state index is 0.0717. The Morgan fingerprint density at radius 3 is 1.30 bits per heavy atom. The van der Waals surface area contributed by atoms with Crippen LogP contribution in [-0.2, 0) is 18.4 Å². The van der Waals surface area contributed by atoms with Crippen molar-refractivity contribution in [3.63, 3.8) is 0 Å². The molecule has 66 heavy (non-hydrogen) atoms. The highest BCUT2D eigenvalue weighted by molar-refractivity contribution is 7.47. The van der Waals surface area contributed by atoms with Gasteiger partial charge in [0, 0.05) is 6.42 Å². The second-order valence-corrected chi connectivity index (χ2v) is 20.7. The van der Waals surface area contributed by atoms with Gasteiger partial charge in [0.2, 0.25) is 5.91 Å². The van der Waals surface area contributed by atoms with Gasteiger partial charge in [-0.3, -0.25) is 13.8 Å². The molecule has 0 bridgehead atoms. The first-order valence-electron chi connectivity index (χ1n) is 27.0. The number of aliphatic hydroxyl groups is 1. The zero-order chi connectivity index (χ0) is 48.5. The Morgan fingerprint density at radius 2 is 0.909 bits per heavy atom. The monoisotopic (exact) mass is 944 g/mol. The molecule has 0 aromatic carbocycles. The lowest BCUT2D eigenvalue weighted by molar-refractivity contribution is -0.870. The van der Waals surface area contributed by atoms with E-state index < -0.39 is 20.0 Å². The Morgan fingerprint density at radius 1 is 0.530 bits per heavy atom. The summed E-state index contributed by atoms with van der Waals surface area (Å²) in [7, 11) is 1.61. The summed E-state index contributed by atoms with van der Waals surface area (Å²) in [5.74, 6) is -0.157. The van der Waals surface area contributed by atoms with E-state index in [0.717, 1.165) is 83.5 Å². The van der Waals surface area contributed by atoms with Crippen LogP contribution < -0.4 is 5.32 Å². The maximum absolute atomic E-state index is 12.7. The van der Waals surface area contributed by atoms with Crippen LogP contribution in [0, 0.1) is 0 Å². The number of phosphoric acid groups is 1. The third kappa shape index (κ3) is 49.6. The average molecular weight is 944 g/mol. The van der Waals surface area contributed by atoms with Gasteiger partial charge in [-0.05, 0) is 70.6 Å². The van der Waals surface area contributed by atoms with Gasteiger partial charge in [-0.15, -0.1) is 0 Å². The molecule has 3 unspecified atom stereocenters. The lowest BCUT2D eigenvalue weighted by Gasteiger charge is -2.26. The number of unbranched alkanes of at least 4 members (excludes halogenated alkanes) is 21. The van der Waals surface area contributed by atoms with Crippen molar-refractivity contribution < 1.29 is 32.9 Å². The summed E-state index contributed by atoms with van der Waals surface area (Å²) in [6.45, 7) is 4.60. The lowest BCUT2D eigenvalue weighted by atomic mass is 10.0. The number of hydrogen-bond donors (Lipinski definition) is 3. The molecule has 0 fully saturated rings. The predicted molar refractivity (Wildman–Crippen MR) is 286 cm³/mol. The molecule has 3 atom stereocenters. The molecule has 0 aromatic rings. The highest BCUT2D eigenvalue weighted by Gasteiger charge is 2.28. The Hall–Kier alpha value is -2.32. The van der Waals surface area contributed by atoms with Crippen LogP contribution in [-0.4, -0.2) is 73.4 Å². The normalized spacial score (nSPS) is 14.7. The smallest absolute Gasteiger partial charge is 0.391 e. The Kier molecular flexibility index (Phi) is 46.1. The molecule has 9 heteroatoms. The third-order valence-electron chi connectivity index (χ3n) is 11.7. The maximum Gasteiger partial charge on any atom is 0.472 e. The molecule has 0 aliphatic carbocycles. The van der Waals surface area contributed by atoms with Crippen LogP contribution >= 0.6 is 7.82 Å². The van der Waals surface area contributed by atoms with E-state index in [-0.39, 0.29) is 19.1 Å². The number of phosphoric ester groups is 1. The zero-order valence-electron chi connectivity index (χ0n) is 43.4. The van der Waals surface area contributed by atoms with Crippen molar-refractivity contribution in [1.29, 1.82) is 0 Å². The van der Waals surface area contributed by atoms with Gasteiger partial charge < -0.3 is 19.8 Å². The molecule has 8 nitrogen and oxygen atoms in total. The number of amides is 1. The fourth-order valence-corrected chi connectivity index (χ4v) is 8.17. The van der Waals surface area contributed by atoms with Crippen LogP contribution in [0.4, 0.5) is 0 Å². The van der Waals surface area contributed by atoms with E-state index in [9.17, 15) is 19.4 Å². The van der Waals surface area contributed by atoms with E-state index in [1.165, 1.54) is 109 Å². The van der Waals surface area contributed by atoms with Crippen molar-refractivity contribution in [3.8, 4) is 0 Å². The molecule has 3 N–H and O–H groups in total. The second kappa shape index (κ2) is 47.7. The highest BCUT2D eigenvalue weighted by Crippen LogP contribution is 2.43. The highest BCUT2D eigenvalue weighted by atomic mass is 31.2. The summed E-state index contributed by atoms with van der Waals surface area (Å²) in [5.41, 5.74) is 0. The summed E-state index contributed by atoms with van der Waals surface area (Å²) >= 11 is 0. The number of carbonyl (C=O) groups is 1. The average Bonchev–Trinajstić information content (AvgIpc) is 3.27. The van der Waals surface area contributed by atoms with Crippen molar-refractivity contribution in [1.82, 2.24) is 5.32 Å². The van der Waals surface area contributed by atoms with Gasteiger partial charge in [-0.25, -0.2) is 4.57 Å². The van der Waals surface area contributed by atoms with Gasteiger partial charge in [0.25, 0.3) is 0 Å². The second-order valence-electron chi connectivity index (χ2n) is 19.2. The summed E-state index contributed by atoms with van der Waals surface area (Å²) in [4.78, 5) is 22.9. The van der Waals surface area contributed by atoms with Gasteiger partial charge in [-0.1, -0.05) is 227 Å². The first-order chi connectivity index (χ1) is 32.0. The van der Waals surface area contributed by atoms with Gasteiger partial charge in [-0.2, -0.15) is 0 Å². The number of nitrogens with zero attached hydrogens (tertiary/aromatic N) is 1. The number of quaternary nitrogens is 1. The Bertz CT molecular complexity index is 1350. The SMILES string of the molecule is CC/C=C\C/C=C\C/C=C\C/C=C\C/C=C\C/C=C\C/C=C\CCCCCCCCCCCCCCCCCCCCCC(=O)NC(COP(=O)(O)OCC[N+](C)(C)C)C(O)CCCCC. The molecule has 0 aromatic heterocycles. The molecule has 0 saturated carbocycles. The molecule has 0 aliphatic rings. The topological polar surface area (TPSA) is 105 Å². The molecule has 0 aliphatic heterocycles. The Labute approximate surface area is 407 Å². The first kappa shape index (κ1) is 63.7. The van der Waals surface area contributed by atoms with E-state index in [0.29, 0.717) is 23.9 Å². The number of carbonyl (C=O) groups excluding carboxylic acids is 1. The van der Waals surface area contributed by atoms with Crippen molar-refractivity contribution in [3.05, 3.63) is 85.1 Å². The number of likely N-dealkylation sites (N-methyl/N-ethyl adjacent to an activating group) is 1. The van der Waals surface area contributed by atoms with Crippen molar-refractivity contribution in [2.24, 2.45) is 0 Å². The van der Waals surface area contributed by atoms with Crippen molar-refractivity contribution >= 4 is 13.7 Å².